The van der Waals surface area contributed by atoms with E-state index in [1.54, 1.807) is 6.07 Å². The summed E-state index contributed by atoms with van der Waals surface area (Å²) in [5, 5.41) is 13.8. The Kier molecular flexibility index (Phi) is 6.19. The quantitative estimate of drug-likeness (QED) is 0.774. The molecule has 5 nitrogen and oxygen atoms in total. The third kappa shape index (κ3) is 4.73. The van der Waals surface area contributed by atoms with Gasteiger partial charge in [0.15, 0.2) is 6.61 Å². The molecule has 0 fully saturated rings. The second-order valence-corrected chi connectivity index (χ2v) is 4.36. The standard InChI is InChI=1S/C12H14BrN3O2/c1-15-7-9-6-10(2-3-11(9)13)18-8-12(17)16-5-4-14/h2-3,6,15H,5,7-8H2,1H3,(H,16,17). The molecule has 1 amide bonds. The van der Waals surface area contributed by atoms with Gasteiger partial charge in [0.25, 0.3) is 5.91 Å². The third-order valence-corrected chi connectivity index (χ3v) is 2.89. The number of halogens is 1. The van der Waals surface area contributed by atoms with E-state index >= 15 is 0 Å². The topological polar surface area (TPSA) is 74.2 Å². The van der Waals surface area contributed by atoms with E-state index in [0.717, 1.165) is 10.0 Å². The fourth-order valence-corrected chi connectivity index (χ4v) is 1.69. The molecule has 0 bridgehead atoms. The van der Waals surface area contributed by atoms with E-state index in [2.05, 4.69) is 26.6 Å². The number of nitriles is 1. The minimum Gasteiger partial charge on any atom is -0.484 e. The normalized spacial score (nSPS) is 9.61. The van der Waals surface area contributed by atoms with Gasteiger partial charge >= 0.3 is 0 Å². The summed E-state index contributed by atoms with van der Waals surface area (Å²) in [5.74, 6) is 0.310. The van der Waals surface area contributed by atoms with Crippen LogP contribution in [-0.4, -0.2) is 26.1 Å². The molecule has 0 radical (unpaired) electrons. The molecule has 1 rings (SSSR count). The van der Waals surface area contributed by atoms with Crippen LogP contribution in [0.3, 0.4) is 0 Å². The van der Waals surface area contributed by atoms with Gasteiger partial charge in [-0.2, -0.15) is 5.26 Å². The van der Waals surface area contributed by atoms with Crippen molar-refractivity contribution in [1.82, 2.24) is 10.6 Å². The summed E-state index contributed by atoms with van der Waals surface area (Å²) >= 11 is 3.43. The summed E-state index contributed by atoms with van der Waals surface area (Å²) in [4.78, 5) is 11.2. The van der Waals surface area contributed by atoms with E-state index in [9.17, 15) is 4.79 Å². The molecule has 2 N–H and O–H groups in total. The lowest BCUT2D eigenvalue weighted by Crippen LogP contribution is -2.29. The van der Waals surface area contributed by atoms with E-state index in [-0.39, 0.29) is 19.1 Å². The van der Waals surface area contributed by atoms with Crippen molar-refractivity contribution >= 4 is 21.8 Å². The molecular weight excluding hydrogens is 298 g/mol. The van der Waals surface area contributed by atoms with Gasteiger partial charge in [0, 0.05) is 11.0 Å². The number of nitrogens with one attached hydrogen (secondary N) is 2. The highest BCUT2D eigenvalue weighted by Crippen LogP contribution is 2.22. The van der Waals surface area contributed by atoms with Gasteiger partial charge in [-0.05, 0) is 30.8 Å². The minimum absolute atomic E-state index is 0.00641. The van der Waals surface area contributed by atoms with Crippen molar-refractivity contribution in [2.75, 3.05) is 20.2 Å². The predicted octanol–water partition coefficient (Wildman–Crippen LogP) is 1.19. The van der Waals surface area contributed by atoms with Gasteiger partial charge in [-0.3, -0.25) is 4.79 Å². The number of carbonyl (C=O) groups is 1. The Labute approximate surface area is 114 Å². The molecule has 0 aliphatic heterocycles. The number of nitrogens with zero attached hydrogens (tertiary/aromatic N) is 1. The molecule has 0 unspecified atom stereocenters. The first-order valence-electron chi connectivity index (χ1n) is 5.37. The van der Waals surface area contributed by atoms with Gasteiger partial charge in [-0.1, -0.05) is 15.9 Å². The van der Waals surface area contributed by atoms with Gasteiger partial charge in [0.2, 0.25) is 0 Å². The van der Waals surface area contributed by atoms with Crippen LogP contribution < -0.4 is 15.4 Å². The average Bonchev–Trinajstić information content (AvgIpc) is 2.37. The number of carbonyl (C=O) groups excluding carboxylic acids is 1. The largest absolute Gasteiger partial charge is 0.484 e. The van der Waals surface area contributed by atoms with Gasteiger partial charge < -0.3 is 15.4 Å². The van der Waals surface area contributed by atoms with Crippen molar-refractivity contribution in [2.24, 2.45) is 0 Å². The molecule has 0 aliphatic rings. The van der Waals surface area contributed by atoms with Crippen molar-refractivity contribution in [3.05, 3.63) is 28.2 Å². The zero-order valence-electron chi connectivity index (χ0n) is 10.00. The third-order valence-electron chi connectivity index (χ3n) is 2.12. The van der Waals surface area contributed by atoms with Crippen LogP contribution in [-0.2, 0) is 11.3 Å². The predicted molar refractivity (Wildman–Crippen MR) is 71.0 cm³/mol. The Bertz CT molecular complexity index is 457. The zero-order valence-corrected chi connectivity index (χ0v) is 11.6. The van der Waals surface area contributed by atoms with Crippen LogP contribution in [0.1, 0.15) is 5.56 Å². The molecule has 1 aromatic rings. The highest BCUT2D eigenvalue weighted by molar-refractivity contribution is 9.10. The SMILES string of the molecule is CNCc1cc(OCC(=O)NCC#N)ccc1Br. The van der Waals surface area contributed by atoms with E-state index in [0.29, 0.717) is 12.3 Å². The van der Waals surface area contributed by atoms with Crippen molar-refractivity contribution in [3.8, 4) is 11.8 Å². The number of benzene rings is 1. The zero-order chi connectivity index (χ0) is 13.4. The second-order valence-electron chi connectivity index (χ2n) is 3.51. The van der Waals surface area contributed by atoms with Crippen molar-refractivity contribution in [3.63, 3.8) is 0 Å². The molecule has 0 saturated heterocycles. The maximum absolute atomic E-state index is 11.2. The lowest BCUT2D eigenvalue weighted by molar-refractivity contribution is -0.122. The Morgan fingerprint density at radius 1 is 1.56 bits per heavy atom. The van der Waals surface area contributed by atoms with Gasteiger partial charge in [0.1, 0.15) is 12.3 Å². The molecule has 18 heavy (non-hydrogen) atoms. The molecule has 6 heteroatoms. The summed E-state index contributed by atoms with van der Waals surface area (Å²) in [7, 11) is 1.86. The lowest BCUT2D eigenvalue weighted by atomic mass is 10.2. The Morgan fingerprint density at radius 2 is 2.33 bits per heavy atom. The molecule has 96 valence electrons. The molecule has 0 spiro atoms. The number of hydrogen-bond acceptors (Lipinski definition) is 4. The summed E-state index contributed by atoms with van der Waals surface area (Å²) in [6.07, 6.45) is 0. The number of ether oxygens (including phenoxy) is 1. The average molecular weight is 312 g/mol. The first-order valence-corrected chi connectivity index (χ1v) is 6.16. The van der Waals surface area contributed by atoms with Crippen molar-refractivity contribution in [1.29, 1.82) is 5.26 Å². The van der Waals surface area contributed by atoms with Crippen LogP contribution in [0.15, 0.2) is 22.7 Å². The monoisotopic (exact) mass is 311 g/mol. The highest BCUT2D eigenvalue weighted by atomic mass is 79.9. The van der Waals surface area contributed by atoms with E-state index in [1.807, 2.05) is 25.2 Å². The fourth-order valence-electron chi connectivity index (χ4n) is 1.30. The van der Waals surface area contributed by atoms with Crippen molar-refractivity contribution < 1.29 is 9.53 Å². The molecule has 0 aliphatic carbocycles. The summed E-state index contributed by atoms with van der Waals surface area (Å²) < 4.78 is 6.32. The molecule has 0 saturated carbocycles. The van der Waals surface area contributed by atoms with Crippen LogP contribution >= 0.6 is 15.9 Å². The van der Waals surface area contributed by atoms with Crippen LogP contribution in [0, 0.1) is 11.3 Å². The van der Waals surface area contributed by atoms with Gasteiger partial charge in [0.05, 0.1) is 6.07 Å². The Balaban J connectivity index is 2.55. The van der Waals surface area contributed by atoms with Gasteiger partial charge in [-0.15, -0.1) is 0 Å². The van der Waals surface area contributed by atoms with Crippen LogP contribution in [0.2, 0.25) is 0 Å². The molecule has 0 aromatic heterocycles. The second kappa shape index (κ2) is 7.69. The molecule has 1 aromatic carbocycles. The first kappa shape index (κ1) is 14.5. The fraction of sp³-hybridized carbons (Fsp3) is 0.333. The molecule has 0 atom stereocenters. The highest BCUT2D eigenvalue weighted by Gasteiger charge is 2.04. The smallest absolute Gasteiger partial charge is 0.258 e. The maximum atomic E-state index is 11.2. The van der Waals surface area contributed by atoms with Gasteiger partial charge in [-0.25, -0.2) is 0 Å². The Hall–Kier alpha value is -1.58. The summed E-state index contributed by atoms with van der Waals surface area (Å²) in [6, 6.07) is 7.34. The number of amides is 1. The summed E-state index contributed by atoms with van der Waals surface area (Å²) in [6.45, 7) is 0.605. The molecule has 0 heterocycles. The van der Waals surface area contributed by atoms with E-state index in [1.165, 1.54) is 0 Å². The van der Waals surface area contributed by atoms with Crippen LogP contribution in [0.4, 0.5) is 0 Å². The summed E-state index contributed by atoms with van der Waals surface area (Å²) in [5.41, 5.74) is 1.05. The minimum atomic E-state index is -0.311. The van der Waals surface area contributed by atoms with E-state index < -0.39 is 0 Å². The first-order chi connectivity index (χ1) is 8.67. The maximum Gasteiger partial charge on any atom is 0.258 e. The lowest BCUT2D eigenvalue weighted by Gasteiger charge is -2.09. The Morgan fingerprint density at radius 3 is 3.00 bits per heavy atom. The number of rotatable bonds is 6. The van der Waals surface area contributed by atoms with Crippen LogP contribution in [0.25, 0.3) is 0 Å². The van der Waals surface area contributed by atoms with Crippen LogP contribution in [0.5, 0.6) is 5.75 Å². The van der Waals surface area contributed by atoms with E-state index in [4.69, 9.17) is 10.00 Å². The number of hydrogen-bond donors (Lipinski definition) is 2. The molecular formula is C12H14BrN3O2. The van der Waals surface area contributed by atoms with Crippen molar-refractivity contribution in [2.45, 2.75) is 6.54 Å².